The number of hydrogen-bond acceptors (Lipinski definition) is 5. The Hall–Kier alpha value is -3.03. The van der Waals surface area contributed by atoms with E-state index in [0.29, 0.717) is 11.4 Å². The maximum absolute atomic E-state index is 12.2. The molecule has 1 aliphatic rings. The molecule has 124 valence electrons. The Bertz CT molecular complexity index is 759. The van der Waals surface area contributed by atoms with Crippen LogP contribution in [0.5, 0.6) is 0 Å². The van der Waals surface area contributed by atoms with Gasteiger partial charge in [0.2, 0.25) is 5.91 Å². The molecule has 0 radical (unpaired) electrons. The van der Waals surface area contributed by atoms with Crippen LogP contribution in [0.15, 0.2) is 36.4 Å². The van der Waals surface area contributed by atoms with Crippen molar-refractivity contribution in [3.8, 4) is 5.69 Å². The summed E-state index contributed by atoms with van der Waals surface area (Å²) in [5.41, 5.74) is 1.32. The van der Waals surface area contributed by atoms with Crippen LogP contribution in [0, 0.1) is 0 Å². The molecule has 0 aliphatic carbocycles. The van der Waals surface area contributed by atoms with Gasteiger partial charge in [-0.05, 0) is 55.3 Å². The molecule has 2 heterocycles. The molecular weight excluding hydrogens is 308 g/mol. The zero-order valence-corrected chi connectivity index (χ0v) is 13.3. The Balaban J connectivity index is 1.70. The number of hydrogen-bond donors (Lipinski definition) is 1. The van der Waals surface area contributed by atoms with Crippen LogP contribution in [0.1, 0.15) is 30.4 Å². The number of carbonyl (C=O) groups is 2. The number of carbonyl (C=O) groups excluding carboxylic acids is 2. The lowest BCUT2D eigenvalue weighted by molar-refractivity contribution is -0.111. The molecule has 1 fully saturated rings. The molecule has 0 atom stereocenters. The summed E-state index contributed by atoms with van der Waals surface area (Å²) < 4.78 is 0. The summed E-state index contributed by atoms with van der Waals surface area (Å²) in [5.74, 6) is -0.279. The number of nitrogens with zero attached hydrogens (tertiary/aromatic N) is 5. The minimum atomic E-state index is -0.192. The summed E-state index contributed by atoms with van der Waals surface area (Å²) in [5, 5.41) is 14.7. The maximum atomic E-state index is 12.2. The second kappa shape index (κ2) is 7.03. The molecule has 8 nitrogen and oxygen atoms in total. The second-order valence-electron chi connectivity index (χ2n) is 5.44. The van der Waals surface area contributed by atoms with Crippen LogP contribution in [-0.2, 0) is 4.79 Å². The van der Waals surface area contributed by atoms with E-state index in [9.17, 15) is 9.59 Å². The van der Waals surface area contributed by atoms with Gasteiger partial charge in [0.05, 0.1) is 5.69 Å². The highest BCUT2D eigenvalue weighted by atomic mass is 16.2. The van der Waals surface area contributed by atoms with Crippen molar-refractivity contribution in [2.24, 2.45) is 0 Å². The minimum absolute atomic E-state index is 0.0994. The summed E-state index contributed by atoms with van der Waals surface area (Å²) in [7, 11) is 0. The molecule has 8 heteroatoms. The molecule has 1 aromatic carbocycles. The third-order valence-corrected chi connectivity index (χ3v) is 3.68. The van der Waals surface area contributed by atoms with E-state index in [0.717, 1.165) is 25.9 Å². The van der Waals surface area contributed by atoms with Gasteiger partial charge >= 0.3 is 0 Å². The number of rotatable bonds is 4. The average molecular weight is 326 g/mol. The first-order valence-electron chi connectivity index (χ1n) is 7.81. The average Bonchev–Trinajstić information content (AvgIpc) is 3.27. The van der Waals surface area contributed by atoms with E-state index in [4.69, 9.17) is 0 Å². The minimum Gasteiger partial charge on any atom is -0.336 e. The van der Waals surface area contributed by atoms with Gasteiger partial charge in [-0.2, -0.15) is 0 Å². The Labute approximate surface area is 139 Å². The Kier molecular flexibility index (Phi) is 4.64. The third kappa shape index (κ3) is 3.48. The summed E-state index contributed by atoms with van der Waals surface area (Å²) in [6.45, 7) is 3.27. The van der Waals surface area contributed by atoms with E-state index in [-0.39, 0.29) is 17.6 Å². The van der Waals surface area contributed by atoms with Gasteiger partial charge in [0, 0.05) is 18.8 Å². The molecular formula is C16H18N6O2. The van der Waals surface area contributed by atoms with E-state index >= 15 is 0 Å². The molecule has 3 rings (SSSR count). The van der Waals surface area contributed by atoms with Crippen LogP contribution < -0.4 is 5.32 Å². The number of amides is 2. The normalized spacial score (nSPS) is 14.3. The molecule has 0 bridgehead atoms. The van der Waals surface area contributed by atoms with Crippen LogP contribution in [0.3, 0.4) is 0 Å². The van der Waals surface area contributed by atoms with E-state index in [1.165, 1.54) is 10.9 Å². The standard InChI is InChI=1S/C16H18N6O2/c1-2-5-14(23)17-12-6-8-13(9-7-12)22-19-15(18-20-22)16(24)21-10-3-4-11-21/h2,5-9H,3-4,10-11H2,1H3,(H,17,23). The van der Waals surface area contributed by atoms with Gasteiger partial charge in [0.25, 0.3) is 11.7 Å². The lowest BCUT2D eigenvalue weighted by atomic mass is 10.3. The molecule has 1 saturated heterocycles. The highest BCUT2D eigenvalue weighted by molar-refractivity contribution is 5.99. The van der Waals surface area contributed by atoms with Crippen molar-refractivity contribution in [3.63, 3.8) is 0 Å². The molecule has 2 aromatic rings. The predicted molar refractivity (Wildman–Crippen MR) is 87.7 cm³/mol. The van der Waals surface area contributed by atoms with Gasteiger partial charge < -0.3 is 10.2 Å². The largest absolute Gasteiger partial charge is 0.336 e. The smallest absolute Gasteiger partial charge is 0.295 e. The van der Waals surface area contributed by atoms with Gasteiger partial charge in [0.15, 0.2) is 0 Å². The van der Waals surface area contributed by atoms with Crippen molar-refractivity contribution >= 4 is 17.5 Å². The number of allylic oxidation sites excluding steroid dienone is 1. The van der Waals surface area contributed by atoms with Crippen molar-refractivity contribution in [1.82, 2.24) is 25.1 Å². The number of benzene rings is 1. The van der Waals surface area contributed by atoms with E-state index in [2.05, 4.69) is 20.7 Å². The number of nitrogens with one attached hydrogen (secondary N) is 1. The zero-order chi connectivity index (χ0) is 16.9. The monoisotopic (exact) mass is 326 g/mol. The van der Waals surface area contributed by atoms with Gasteiger partial charge in [-0.15, -0.1) is 15.0 Å². The van der Waals surface area contributed by atoms with Crippen molar-refractivity contribution in [1.29, 1.82) is 0 Å². The fourth-order valence-corrected chi connectivity index (χ4v) is 2.48. The highest BCUT2D eigenvalue weighted by Crippen LogP contribution is 2.13. The first-order valence-corrected chi connectivity index (χ1v) is 7.81. The van der Waals surface area contributed by atoms with Crippen LogP contribution in [0.25, 0.3) is 5.69 Å². The predicted octanol–water partition coefficient (Wildman–Crippen LogP) is 1.41. The maximum Gasteiger partial charge on any atom is 0.295 e. The molecule has 0 saturated carbocycles. The van der Waals surface area contributed by atoms with Crippen LogP contribution in [0.4, 0.5) is 5.69 Å². The van der Waals surface area contributed by atoms with E-state index in [1.54, 1.807) is 42.2 Å². The highest BCUT2D eigenvalue weighted by Gasteiger charge is 2.23. The SMILES string of the molecule is CC=CC(=O)Nc1ccc(-n2nnc(C(=O)N3CCCC3)n2)cc1. The molecule has 1 aromatic heterocycles. The summed E-state index contributed by atoms with van der Waals surface area (Å²) >= 11 is 0. The van der Waals surface area contributed by atoms with E-state index in [1.807, 2.05) is 0 Å². The summed E-state index contributed by atoms with van der Waals surface area (Å²) in [4.78, 5) is 26.8. The number of tetrazole rings is 1. The molecule has 0 unspecified atom stereocenters. The Morgan fingerprint density at radius 2 is 1.88 bits per heavy atom. The number of anilines is 1. The number of aromatic nitrogens is 4. The lowest BCUT2D eigenvalue weighted by Crippen LogP contribution is -2.28. The van der Waals surface area contributed by atoms with Crippen LogP contribution in [-0.4, -0.2) is 50.0 Å². The van der Waals surface area contributed by atoms with E-state index < -0.39 is 0 Å². The second-order valence-corrected chi connectivity index (χ2v) is 5.44. The van der Waals surface area contributed by atoms with Crippen LogP contribution in [0.2, 0.25) is 0 Å². The number of likely N-dealkylation sites (tertiary alicyclic amines) is 1. The first-order chi connectivity index (χ1) is 11.7. The molecule has 0 spiro atoms. The molecule has 2 amide bonds. The van der Waals surface area contributed by atoms with Gasteiger partial charge in [-0.25, -0.2) is 0 Å². The van der Waals surface area contributed by atoms with Crippen LogP contribution >= 0.6 is 0 Å². The summed E-state index contributed by atoms with van der Waals surface area (Å²) in [6, 6.07) is 6.97. The molecule has 24 heavy (non-hydrogen) atoms. The Morgan fingerprint density at radius 3 is 2.54 bits per heavy atom. The molecule has 1 aliphatic heterocycles. The summed E-state index contributed by atoms with van der Waals surface area (Å²) in [6.07, 6.45) is 5.14. The van der Waals surface area contributed by atoms with Gasteiger partial charge in [-0.1, -0.05) is 6.08 Å². The first kappa shape index (κ1) is 15.9. The lowest BCUT2D eigenvalue weighted by Gasteiger charge is -2.11. The quantitative estimate of drug-likeness (QED) is 0.858. The van der Waals surface area contributed by atoms with Crippen molar-refractivity contribution < 1.29 is 9.59 Å². The zero-order valence-electron chi connectivity index (χ0n) is 13.3. The molecule has 1 N–H and O–H groups in total. The fourth-order valence-electron chi connectivity index (χ4n) is 2.48. The Morgan fingerprint density at radius 1 is 1.17 bits per heavy atom. The van der Waals surface area contributed by atoms with Crippen molar-refractivity contribution in [3.05, 3.63) is 42.2 Å². The van der Waals surface area contributed by atoms with Crippen molar-refractivity contribution in [2.45, 2.75) is 19.8 Å². The topological polar surface area (TPSA) is 93.0 Å². The van der Waals surface area contributed by atoms with Gasteiger partial charge in [-0.3, -0.25) is 9.59 Å². The van der Waals surface area contributed by atoms with Gasteiger partial charge in [0.1, 0.15) is 0 Å². The fraction of sp³-hybridized carbons (Fsp3) is 0.312. The third-order valence-electron chi connectivity index (χ3n) is 3.68. The van der Waals surface area contributed by atoms with Crippen molar-refractivity contribution in [2.75, 3.05) is 18.4 Å².